The fraction of sp³-hybridized carbons (Fsp3) is 0.870. The zero-order valence-electron chi connectivity index (χ0n) is 64.1. The number of carbonyl (C=O) groups excluding carboxylic acids is 5. The van der Waals surface area contributed by atoms with E-state index in [0.717, 1.165) is 23.2 Å². The van der Waals surface area contributed by atoms with E-state index < -0.39 is 28.7 Å². The molecule has 0 bridgehead atoms. The van der Waals surface area contributed by atoms with Crippen molar-refractivity contribution >= 4 is 112 Å². The molecule has 94 heavy (non-hydrogen) atoms. The van der Waals surface area contributed by atoms with Crippen molar-refractivity contribution in [2.75, 3.05) is 93.6 Å². The zero-order chi connectivity index (χ0) is 74.8. The third-order valence-corrected chi connectivity index (χ3v) is 22.2. The van der Waals surface area contributed by atoms with E-state index in [1.165, 1.54) is 42.1 Å². The quantitative estimate of drug-likeness (QED) is 0.0189. The molecule has 20 nitrogen and oxygen atoms in total. The first-order valence-electron chi connectivity index (χ1n) is 33.7. The van der Waals surface area contributed by atoms with Crippen molar-refractivity contribution in [1.29, 1.82) is 0 Å². The normalized spacial score (nSPS) is 13.4. The van der Waals surface area contributed by atoms with Gasteiger partial charge >= 0.3 is 17.9 Å². The minimum atomic E-state index is -1.01. The maximum Gasteiger partial charge on any atom is 0.321 e. The Morgan fingerprint density at radius 3 is 0.936 bits per heavy atom. The molecule has 0 spiro atoms. The van der Waals surface area contributed by atoms with Gasteiger partial charge in [-0.25, -0.2) is 0 Å². The Kier molecular flexibility index (Phi) is 56.8. The summed E-state index contributed by atoms with van der Waals surface area (Å²) in [5.41, 5.74) is 16.2. The summed E-state index contributed by atoms with van der Waals surface area (Å²) < 4.78 is -0.615. The van der Waals surface area contributed by atoms with Crippen molar-refractivity contribution < 1.29 is 53.7 Å². The molecule has 9 N–H and O–H groups in total. The van der Waals surface area contributed by atoms with Crippen LogP contribution in [0.4, 0.5) is 0 Å². The van der Waals surface area contributed by atoms with Gasteiger partial charge in [-0.1, -0.05) is 89.5 Å². The molecule has 0 aromatic rings. The fourth-order valence-electron chi connectivity index (χ4n) is 7.91. The number of carbonyl (C=O) groups is 8. The van der Waals surface area contributed by atoms with Gasteiger partial charge in [-0.2, -0.15) is 47.0 Å². The first kappa shape index (κ1) is 99.4. The van der Waals surface area contributed by atoms with Crippen molar-refractivity contribution in [2.24, 2.45) is 87.3 Å². The lowest BCUT2D eigenvalue weighted by Gasteiger charge is -2.33. The second-order valence-electron chi connectivity index (χ2n) is 28.3. The van der Waals surface area contributed by atoms with Gasteiger partial charge < -0.3 is 57.0 Å². The van der Waals surface area contributed by atoms with E-state index in [9.17, 15) is 38.4 Å². The van der Waals surface area contributed by atoms with Crippen LogP contribution in [0.25, 0.3) is 0 Å². The molecule has 0 aliphatic heterocycles. The second kappa shape index (κ2) is 53.7. The number of hydrogen-bond acceptors (Lipinski definition) is 15. The Balaban J connectivity index is -0.000000352. The average Bonchev–Trinajstić information content (AvgIpc) is 1.37. The van der Waals surface area contributed by atoms with E-state index in [1.54, 1.807) is 52.3 Å². The lowest BCUT2D eigenvalue weighted by Crippen LogP contribution is -2.48. The molecule has 25 heteroatoms. The average molecular weight is 1430 g/mol. The molecule has 0 aromatic heterocycles. The van der Waals surface area contributed by atoms with Crippen LogP contribution in [-0.2, 0) is 38.4 Å². The Morgan fingerprint density at radius 2 is 0.691 bits per heavy atom. The van der Waals surface area contributed by atoms with Crippen molar-refractivity contribution in [2.45, 2.75) is 226 Å². The van der Waals surface area contributed by atoms with Crippen molar-refractivity contribution in [3.63, 3.8) is 0 Å². The van der Waals surface area contributed by atoms with Gasteiger partial charge in [0.15, 0.2) is 5.96 Å². The van der Waals surface area contributed by atoms with E-state index >= 15 is 0 Å². The summed E-state index contributed by atoms with van der Waals surface area (Å²) in [4.78, 5) is 106. The van der Waals surface area contributed by atoms with Gasteiger partial charge in [-0.05, 0) is 131 Å². The molecule has 0 saturated carbocycles. The molecule has 6 atom stereocenters. The highest BCUT2D eigenvalue weighted by molar-refractivity contribution is 8.01. The minimum absolute atomic E-state index is 0.0313. The molecule has 0 aliphatic rings. The highest BCUT2D eigenvalue weighted by Gasteiger charge is 2.36. The second-order valence-corrected chi connectivity index (χ2v) is 34.5. The first-order valence-corrected chi connectivity index (χ1v) is 39.4. The number of aliphatic imine (C=N–C) groups is 1. The minimum Gasteiger partial charge on any atom is -0.481 e. The summed E-state index contributed by atoms with van der Waals surface area (Å²) in [7, 11) is 9.22. The van der Waals surface area contributed by atoms with E-state index in [2.05, 4.69) is 60.4 Å². The number of amides is 5. The van der Waals surface area contributed by atoms with Crippen molar-refractivity contribution in [1.82, 2.24) is 24.5 Å². The number of carboxylic acid groups (broad SMARTS) is 3. The number of guanidine groups is 1. The number of hydrogen-bond donors (Lipinski definition) is 6. The van der Waals surface area contributed by atoms with Crippen LogP contribution in [0.15, 0.2) is 4.99 Å². The molecule has 556 valence electrons. The number of rotatable bonds is 40. The van der Waals surface area contributed by atoms with Crippen LogP contribution >= 0.6 is 58.8 Å². The summed E-state index contributed by atoms with van der Waals surface area (Å²) in [6, 6.07) is 0.0994. The van der Waals surface area contributed by atoms with E-state index in [-0.39, 0.29) is 113 Å². The van der Waals surface area contributed by atoms with Gasteiger partial charge in [-0.3, -0.25) is 43.3 Å². The van der Waals surface area contributed by atoms with E-state index in [0.29, 0.717) is 53.3 Å². The molecule has 0 heterocycles. The van der Waals surface area contributed by atoms with Crippen LogP contribution < -0.4 is 17.2 Å². The summed E-state index contributed by atoms with van der Waals surface area (Å²) >= 11 is 7.98. The standard InChI is InChI=1S/C16H33NOS.C15H30N2O3S.C13H28N4OS.C13H25NO3S.C12H23NO3S/c1-12(2)9-8-10-19-11-15(13(3)4)16(18)17(7)14(5)6;1-9(2)11(13(18)17(7)10(3)4)8-21-15(5,6)12(16)14(19)20;1-9(2)11(12(18)17(5)10(3)4)8-19-7-6-16-13(14)15;1-9(2)11(8-18-7-6-12(15)16)13(17)14(5)10(3)4;1-8(2)10(6-17-7-11(14)15)12(16)13(5)9(3)4/h12-15H,8-11H2,1-7H3;9-12H,8,16H2,1-7H3,(H,19,20);9-11H,6-8H2,1-5H3,(H4,14,15,16);9-11H,6-8H2,1-5H3,(H,15,16);8-10H,6-7H2,1-5H3,(H,14,15)/t15-;11-,12?;2*11-;10-/m00000/s1. The zero-order valence-corrected chi connectivity index (χ0v) is 68.2. The van der Waals surface area contributed by atoms with Crippen molar-refractivity contribution in [3.05, 3.63) is 0 Å². The Hall–Kier alpha value is -3.26. The Bertz CT molecular complexity index is 2150. The molecule has 0 rings (SSSR count). The Labute approximate surface area is 594 Å². The van der Waals surface area contributed by atoms with Crippen LogP contribution in [-0.4, -0.2) is 228 Å². The van der Waals surface area contributed by atoms with Crippen LogP contribution in [0, 0.1) is 65.1 Å². The summed E-state index contributed by atoms with van der Waals surface area (Å²) in [6.45, 7) is 49.4. The molecular weight excluding hydrogens is 1290 g/mol. The van der Waals surface area contributed by atoms with E-state index in [4.69, 9.17) is 32.5 Å². The molecule has 1 unspecified atom stereocenters. The molecule has 0 aliphatic carbocycles. The largest absolute Gasteiger partial charge is 0.481 e. The van der Waals surface area contributed by atoms with Crippen LogP contribution in [0.2, 0.25) is 0 Å². The maximum absolute atomic E-state index is 12.5. The number of thioether (sulfide) groups is 5. The highest BCUT2D eigenvalue weighted by atomic mass is 32.2. The summed E-state index contributed by atoms with van der Waals surface area (Å²) in [5, 5.41) is 26.2. The van der Waals surface area contributed by atoms with Gasteiger partial charge in [0, 0.05) is 140 Å². The monoisotopic (exact) mass is 1430 g/mol. The van der Waals surface area contributed by atoms with Gasteiger partial charge in [-0.15, -0.1) is 11.8 Å². The predicted molar refractivity (Wildman–Crippen MR) is 407 cm³/mol. The lowest BCUT2D eigenvalue weighted by atomic mass is 9.96. The Morgan fingerprint density at radius 1 is 0.415 bits per heavy atom. The SMILES string of the molecule is CC(C)CCCSC[C@H](C(=O)N(C)C(C)C)C(C)C.CC(C)[C@H](CSC(C)(C)C(N)C(=O)O)C(=O)N(C)C(C)C.CC(C)[C@H](CSCC(=O)O)C(=O)N(C)C(C)C.CC(C)[C@H](CSCCC(=O)O)C(=O)N(C)C(C)C.CC(C)[C@H](CSCCN=C(N)N)C(=O)N(C)C(C)C. The molecule has 0 fully saturated rings. The summed E-state index contributed by atoms with van der Waals surface area (Å²) in [6.07, 6.45) is 2.71. The molecule has 0 aromatic carbocycles. The summed E-state index contributed by atoms with van der Waals surface area (Å²) in [5.74, 6) is 6.82. The van der Waals surface area contributed by atoms with Gasteiger partial charge in [0.25, 0.3) is 0 Å². The van der Waals surface area contributed by atoms with Crippen LogP contribution in [0.3, 0.4) is 0 Å². The molecule has 5 amide bonds. The fourth-order valence-corrected chi connectivity index (χ4v) is 14.2. The smallest absolute Gasteiger partial charge is 0.321 e. The third-order valence-electron chi connectivity index (χ3n) is 16.3. The van der Waals surface area contributed by atoms with E-state index in [1.807, 2.05) is 153 Å². The number of aliphatic carboxylic acids is 3. The van der Waals surface area contributed by atoms with Crippen LogP contribution in [0.5, 0.6) is 0 Å². The molecule has 0 saturated heterocycles. The third kappa shape index (κ3) is 46.1. The molecular formula is C69H139N9O11S5. The lowest BCUT2D eigenvalue weighted by molar-refractivity contribution is -0.139. The topological polar surface area (TPSA) is 304 Å². The number of nitrogens with two attached hydrogens (primary N) is 3. The van der Waals surface area contributed by atoms with Gasteiger partial charge in [0.05, 0.1) is 18.7 Å². The van der Waals surface area contributed by atoms with Gasteiger partial charge in [0.2, 0.25) is 29.5 Å². The molecule has 0 radical (unpaired) electrons. The number of nitrogens with zero attached hydrogens (tertiary/aromatic N) is 6. The first-order chi connectivity index (χ1) is 43.0. The maximum atomic E-state index is 12.5. The van der Waals surface area contributed by atoms with Crippen molar-refractivity contribution in [3.8, 4) is 0 Å². The van der Waals surface area contributed by atoms with Gasteiger partial charge in [0.1, 0.15) is 6.04 Å². The number of carboxylic acids is 3. The highest BCUT2D eigenvalue weighted by Crippen LogP contribution is 2.32. The van der Waals surface area contributed by atoms with Crippen LogP contribution in [0.1, 0.15) is 185 Å². The predicted octanol–water partition coefficient (Wildman–Crippen LogP) is 11.8.